The molecule has 0 spiro atoms. The molecule has 0 aliphatic carbocycles. The number of rotatable bonds is 6. The zero-order valence-electron chi connectivity index (χ0n) is 11.2. The minimum Gasteiger partial charge on any atom is -0.317 e. The Morgan fingerprint density at radius 3 is 3.00 bits per heavy atom. The van der Waals surface area contributed by atoms with Crippen molar-refractivity contribution in [3.8, 4) is 5.69 Å². The van der Waals surface area contributed by atoms with Gasteiger partial charge in [-0.05, 0) is 56.1 Å². The number of hydrogen-bond donors (Lipinski definition) is 1. The van der Waals surface area contributed by atoms with E-state index in [0.717, 1.165) is 31.6 Å². The lowest BCUT2D eigenvalue weighted by molar-refractivity contribution is 0.672. The molecule has 1 N–H and O–H groups in total. The molecule has 3 heteroatoms. The largest absolute Gasteiger partial charge is 0.317 e. The molecule has 0 bridgehead atoms. The molecular weight excluding hydrogens is 222 g/mol. The molecule has 2 rings (SSSR count). The van der Waals surface area contributed by atoms with Gasteiger partial charge in [-0.25, -0.2) is 4.68 Å². The van der Waals surface area contributed by atoms with Gasteiger partial charge in [-0.2, -0.15) is 5.10 Å². The second-order valence-corrected chi connectivity index (χ2v) is 4.59. The molecule has 0 atom stereocenters. The Morgan fingerprint density at radius 2 is 2.22 bits per heavy atom. The van der Waals surface area contributed by atoms with Gasteiger partial charge in [0, 0.05) is 6.20 Å². The summed E-state index contributed by atoms with van der Waals surface area (Å²) in [6, 6.07) is 8.40. The standard InChI is InChI=1S/C15H21N3/c1-3-16-9-5-7-14-11-17-18(12-14)15-8-4-6-13(2)10-15/h4,6,8,10-12,16H,3,5,7,9H2,1-2H3. The molecule has 0 amide bonds. The van der Waals surface area contributed by atoms with E-state index in [9.17, 15) is 0 Å². The third-order valence-electron chi connectivity index (χ3n) is 2.97. The van der Waals surface area contributed by atoms with Gasteiger partial charge in [0.1, 0.15) is 0 Å². The number of aryl methyl sites for hydroxylation is 2. The normalized spacial score (nSPS) is 10.8. The van der Waals surface area contributed by atoms with E-state index in [4.69, 9.17) is 0 Å². The van der Waals surface area contributed by atoms with Gasteiger partial charge in [0.25, 0.3) is 0 Å². The van der Waals surface area contributed by atoms with Crippen LogP contribution in [0.15, 0.2) is 36.7 Å². The molecular formula is C15H21N3. The number of aromatic nitrogens is 2. The van der Waals surface area contributed by atoms with E-state index in [0.29, 0.717) is 0 Å². The van der Waals surface area contributed by atoms with Gasteiger partial charge in [-0.1, -0.05) is 19.1 Å². The van der Waals surface area contributed by atoms with Gasteiger partial charge < -0.3 is 5.32 Å². The van der Waals surface area contributed by atoms with E-state index in [1.54, 1.807) is 0 Å². The van der Waals surface area contributed by atoms with Crippen LogP contribution in [-0.4, -0.2) is 22.9 Å². The van der Waals surface area contributed by atoms with Gasteiger partial charge in [0.15, 0.2) is 0 Å². The first-order valence-electron chi connectivity index (χ1n) is 6.61. The molecule has 0 aliphatic rings. The minimum absolute atomic E-state index is 1.04. The van der Waals surface area contributed by atoms with Crippen LogP contribution < -0.4 is 5.32 Å². The first kappa shape index (κ1) is 12.8. The van der Waals surface area contributed by atoms with Crippen molar-refractivity contribution >= 4 is 0 Å². The zero-order valence-corrected chi connectivity index (χ0v) is 11.2. The van der Waals surface area contributed by atoms with Crippen LogP contribution in [0.5, 0.6) is 0 Å². The maximum atomic E-state index is 4.42. The fraction of sp³-hybridized carbons (Fsp3) is 0.400. The highest BCUT2D eigenvalue weighted by Gasteiger charge is 2.01. The molecule has 0 saturated carbocycles. The Balaban J connectivity index is 1.97. The maximum absolute atomic E-state index is 4.42. The molecule has 18 heavy (non-hydrogen) atoms. The van der Waals surface area contributed by atoms with Gasteiger partial charge >= 0.3 is 0 Å². The van der Waals surface area contributed by atoms with Crippen molar-refractivity contribution in [1.82, 2.24) is 15.1 Å². The Kier molecular flexibility index (Phi) is 4.53. The van der Waals surface area contributed by atoms with Crippen molar-refractivity contribution in [2.24, 2.45) is 0 Å². The maximum Gasteiger partial charge on any atom is 0.0648 e. The van der Waals surface area contributed by atoms with Crippen LogP contribution in [0.1, 0.15) is 24.5 Å². The van der Waals surface area contributed by atoms with E-state index < -0.39 is 0 Å². The third-order valence-corrected chi connectivity index (χ3v) is 2.97. The average molecular weight is 243 g/mol. The molecule has 0 saturated heterocycles. The van der Waals surface area contributed by atoms with E-state index in [-0.39, 0.29) is 0 Å². The highest BCUT2D eigenvalue weighted by atomic mass is 15.3. The quantitative estimate of drug-likeness (QED) is 0.791. The minimum atomic E-state index is 1.04. The number of nitrogens with zero attached hydrogens (tertiary/aromatic N) is 2. The smallest absolute Gasteiger partial charge is 0.0648 e. The highest BCUT2D eigenvalue weighted by molar-refractivity contribution is 5.35. The van der Waals surface area contributed by atoms with E-state index in [1.165, 1.54) is 11.1 Å². The molecule has 0 aliphatic heterocycles. The molecule has 1 aromatic heterocycles. The number of benzene rings is 1. The van der Waals surface area contributed by atoms with Gasteiger partial charge in [0.2, 0.25) is 0 Å². The summed E-state index contributed by atoms with van der Waals surface area (Å²) in [6.07, 6.45) is 6.33. The van der Waals surface area contributed by atoms with E-state index >= 15 is 0 Å². The molecule has 0 radical (unpaired) electrons. The lowest BCUT2D eigenvalue weighted by atomic mass is 10.2. The highest BCUT2D eigenvalue weighted by Crippen LogP contribution is 2.11. The van der Waals surface area contributed by atoms with Crippen LogP contribution in [0.4, 0.5) is 0 Å². The van der Waals surface area contributed by atoms with Gasteiger partial charge in [0.05, 0.1) is 11.9 Å². The lowest BCUT2D eigenvalue weighted by Crippen LogP contribution is -2.14. The fourth-order valence-electron chi connectivity index (χ4n) is 2.00. The molecule has 3 nitrogen and oxygen atoms in total. The molecule has 1 aromatic carbocycles. The van der Waals surface area contributed by atoms with Crippen molar-refractivity contribution in [1.29, 1.82) is 0 Å². The van der Waals surface area contributed by atoms with Crippen molar-refractivity contribution in [2.75, 3.05) is 13.1 Å². The van der Waals surface area contributed by atoms with Crippen LogP contribution in [-0.2, 0) is 6.42 Å². The summed E-state index contributed by atoms with van der Waals surface area (Å²) in [5, 5.41) is 7.76. The lowest BCUT2D eigenvalue weighted by Gasteiger charge is -2.02. The number of hydrogen-bond acceptors (Lipinski definition) is 2. The van der Waals surface area contributed by atoms with E-state index in [2.05, 4.69) is 54.7 Å². The second-order valence-electron chi connectivity index (χ2n) is 4.59. The van der Waals surface area contributed by atoms with Gasteiger partial charge in [-0.3, -0.25) is 0 Å². The Hall–Kier alpha value is -1.61. The summed E-state index contributed by atoms with van der Waals surface area (Å²) in [6.45, 7) is 6.36. The van der Waals surface area contributed by atoms with Crippen molar-refractivity contribution in [3.05, 3.63) is 47.8 Å². The topological polar surface area (TPSA) is 29.9 Å². The Morgan fingerprint density at radius 1 is 1.33 bits per heavy atom. The van der Waals surface area contributed by atoms with Crippen LogP contribution in [0.25, 0.3) is 5.69 Å². The van der Waals surface area contributed by atoms with Crippen LogP contribution in [0, 0.1) is 6.92 Å². The summed E-state index contributed by atoms with van der Waals surface area (Å²) >= 11 is 0. The molecule has 0 fully saturated rings. The van der Waals surface area contributed by atoms with Crippen molar-refractivity contribution < 1.29 is 0 Å². The molecule has 96 valence electrons. The van der Waals surface area contributed by atoms with Crippen molar-refractivity contribution in [3.63, 3.8) is 0 Å². The Bertz CT molecular complexity index is 488. The summed E-state index contributed by atoms with van der Waals surface area (Å²) < 4.78 is 1.95. The van der Waals surface area contributed by atoms with Crippen LogP contribution in [0.3, 0.4) is 0 Å². The number of nitrogens with one attached hydrogen (secondary N) is 1. The monoisotopic (exact) mass is 243 g/mol. The Labute approximate surface area is 109 Å². The molecule has 0 unspecified atom stereocenters. The second kappa shape index (κ2) is 6.36. The van der Waals surface area contributed by atoms with Crippen LogP contribution in [0.2, 0.25) is 0 Å². The zero-order chi connectivity index (χ0) is 12.8. The van der Waals surface area contributed by atoms with Crippen LogP contribution >= 0.6 is 0 Å². The van der Waals surface area contributed by atoms with E-state index in [1.807, 2.05) is 10.9 Å². The SMILES string of the molecule is CCNCCCc1cnn(-c2cccc(C)c2)c1. The summed E-state index contributed by atoms with van der Waals surface area (Å²) in [5.74, 6) is 0. The fourth-order valence-corrected chi connectivity index (χ4v) is 2.00. The summed E-state index contributed by atoms with van der Waals surface area (Å²) in [4.78, 5) is 0. The first-order valence-corrected chi connectivity index (χ1v) is 6.61. The van der Waals surface area contributed by atoms with Crippen molar-refractivity contribution in [2.45, 2.75) is 26.7 Å². The molecule has 1 heterocycles. The predicted molar refractivity (Wildman–Crippen MR) is 75.2 cm³/mol. The first-order chi connectivity index (χ1) is 8.79. The third kappa shape index (κ3) is 3.44. The molecule has 2 aromatic rings. The summed E-state index contributed by atoms with van der Waals surface area (Å²) in [7, 11) is 0. The summed E-state index contributed by atoms with van der Waals surface area (Å²) in [5.41, 5.74) is 3.69. The van der Waals surface area contributed by atoms with Gasteiger partial charge in [-0.15, -0.1) is 0 Å². The predicted octanol–water partition coefficient (Wildman–Crippen LogP) is 2.72. The average Bonchev–Trinajstić information content (AvgIpc) is 2.83.